The topological polar surface area (TPSA) is 49.4 Å². The number of amides is 2. The number of para-hydroxylation sites is 1. The first-order valence-corrected chi connectivity index (χ1v) is 7.46. The van der Waals surface area contributed by atoms with Crippen LogP contribution in [-0.4, -0.2) is 30.3 Å². The summed E-state index contributed by atoms with van der Waals surface area (Å²) in [5.41, 5.74) is 1.89. The summed E-state index contributed by atoms with van der Waals surface area (Å²) in [5, 5.41) is 2.80. The van der Waals surface area contributed by atoms with Crippen LogP contribution in [-0.2, 0) is 16.0 Å². The van der Waals surface area contributed by atoms with Crippen molar-refractivity contribution in [3.05, 3.63) is 29.8 Å². The number of alkyl halides is 1. The molecule has 2 amide bonds. The van der Waals surface area contributed by atoms with Crippen LogP contribution in [0.15, 0.2) is 24.3 Å². The zero-order valence-corrected chi connectivity index (χ0v) is 12.3. The Morgan fingerprint density at radius 2 is 2.15 bits per heavy atom. The Labute approximate surface area is 124 Å². The third-order valence-electron chi connectivity index (χ3n) is 3.42. The molecule has 20 heavy (non-hydrogen) atoms. The molecule has 1 heterocycles. The zero-order valence-electron chi connectivity index (χ0n) is 11.6. The van der Waals surface area contributed by atoms with Gasteiger partial charge in [0.25, 0.3) is 0 Å². The van der Waals surface area contributed by atoms with Gasteiger partial charge in [0.1, 0.15) is 6.04 Å². The standard InChI is InChI=1S/C15H19ClN2O2/c1-2-17-15(20)13-10-11-6-3-4-7-12(11)18(13)14(19)8-5-9-16/h3-4,6-7,13H,2,5,8-10H2,1H3,(H,17,20). The minimum Gasteiger partial charge on any atom is -0.355 e. The minimum atomic E-state index is -0.435. The Bertz CT molecular complexity index is 504. The van der Waals surface area contributed by atoms with Crippen LogP contribution in [0.2, 0.25) is 0 Å². The van der Waals surface area contributed by atoms with E-state index in [1.54, 1.807) is 4.90 Å². The second-order valence-electron chi connectivity index (χ2n) is 4.80. The van der Waals surface area contributed by atoms with E-state index in [1.165, 1.54) is 0 Å². The fourth-order valence-electron chi connectivity index (χ4n) is 2.53. The van der Waals surface area contributed by atoms with E-state index >= 15 is 0 Å². The Balaban J connectivity index is 2.25. The van der Waals surface area contributed by atoms with E-state index in [-0.39, 0.29) is 11.8 Å². The van der Waals surface area contributed by atoms with Gasteiger partial charge >= 0.3 is 0 Å². The molecule has 1 aliphatic heterocycles. The van der Waals surface area contributed by atoms with E-state index < -0.39 is 6.04 Å². The molecule has 5 heteroatoms. The van der Waals surface area contributed by atoms with Crippen LogP contribution in [0.3, 0.4) is 0 Å². The molecule has 0 spiro atoms. The van der Waals surface area contributed by atoms with Crippen LogP contribution in [0.1, 0.15) is 25.3 Å². The monoisotopic (exact) mass is 294 g/mol. The number of nitrogens with one attached hydrogen (secondary N) is 1. The van der Waals surface area contributed by atoms with E-state index in [9.17, 15) is 9.59 Å². The number of nitrogens with zero attached hydrogens (tertiary/aromatic N) is 1. The van der Waals surface area contributed by atoms with Gasteiger partial charge in [0.05, 0.1) is 0 Å². The molecule has 4 nitrogen and oxygen atoms in total. The highest BCUT2D eigenvalue weighted by Crippen LogP contribution is 2.32. The lowest BCUT2D eigenvalue weighted by Crippen LogP contribution is -2.48. The van der Waals surface area contributed by atoms with Crippen molar-refractivity contribution >= 4 is 29.1 Å². The molecule has 108 valence electrons. The largest absolute Gasteiger partial charge is 0.355 e. The second kappa shape index (κ2) is 6.75. The lowest BCUT2D eigenvalue weighted by atomic mass is 10.1. The molecule has 0 saturated carbocycles. The minimum absolute atomic E-state index is 0.0353. The molecule has 1 N–H and O–H groups in total. The van der Waals surface area contributed by atoms with Crippen molar-refractivity contribution in [2.45, 2.75) is 32.2 Å². The lowest BCUT2D eigenvalue weighted by molar-refractivity contribution is -0.126. The molecule has 0 bridgehead atoms. The maximum absolute atomic E-state index is 12.4. The molecule has 0 fully saturated rings. The maximum atomic E-state index is 12.4. The third kappa shape index (κ3) is 2.96. The highest BCUT2D eigenvalue weighted by molar-refractivity contribution is 6.18. The van der Waals surface area contributed by atoms with Gasteiger partial charge in [-0.1, -0.05) is 18.2 Å². The van der Waals surface area contributed by atoms with Crippen molar-refractivity contribution in [2.24, 2.45) is 0 Å². The number of fused-ring (bicyclic) bond motifs is 1. The van der Waals surface area contributed by atoms with Gasteiger partial charge in [-0.15, -0.1) is 11.6 Å². The average Bonchev–Trinajstić information content (AvgIpc) is 2.84. The molecule has 1 aromatic carbocycles. The summed E-state index contributed by atoms with van der Waals surface area (Å²) in [5.74, 6) is 0.322. The average molecular weight is 295 g/mol. The summed E-state index contributed by atoms with van der Waals surface area (Å²) in [6.07, 6.45) is 1.57. The molecule has 1 aromatic rings. The number of hydrogen-bond acceptors (Lipinski definition) is 2. The Hall–Kier alpha value is -1.55. The van der Waals surface area contributed by atoms with Gasteiger partial charge in [0.15, 0.2) is 0 Å². The van der Waals surface area contributed by atoms with Gasteiger partial charge in [-0.25, -0.2) is 0 Å². The van der Waals surface area contributed by atoms with E-state index in [0.29, 0.717) is 31.7 Å². The molecule has 2 rings (SSSR count). The van der Waals surface area contributed by atoms with Gasteiger partial charge in [0, 0.05) is 31.0 Å². The Morgan fingerprint density at radius 1 is 1.40 bits per heavy atom. The van der Waals surface area contributed by atoms with Crippen LogP contribution in [0.5, 0.6) is 0 Å². The predicted molar refractivity (Wildman–Crippen MR) is 80.1 cm³/mol. The quantitative estimate of drug-likeness (QED) is 0.846. The van der Waals surface area contributed by atoms with Crippen LogP contribution in [0.25, 0.3) is 0 Å². The predicted octanol–water partition coefficient (Wildman–Crippen LogP) is 2.10. The fraction of sp³-hybridized carbons (Fsp3) is 0.467. The maximum Gasteiger partial charge on any atom is 0.243 e. The van der Waals surface area contributed by atoms with Gasteiger partial charge in [-0.2, -0.15) is 0 Å². The van der Waals surface area contributed by atoms with Gasteiger partial charge in [0.2, 0.25) is 11.8 Å². The van der Waals surface area contributed by atoms with Crippen LogP contribution >= 0.6 is 11.6 Å². The van der Waals surface area contributed by atoms with E-state index in [0.717, 1.165) is 11.3 Å². The van der Waals surface area contributed by atoms with Crippen molar-refractivity contribution < 1.29 is 9.59 Å². The first-order valence-electron chi connectivity index (χ1n) is 6.92. The SMILES string of the molecule is CCNC(=O)C1Cc2ccccc2N1C(=O)CCCCl. The number of benzene rings is 1. The summed E-state index contributed by atoms with van der Waals surface area (Å²) >= 11 is 5.65. The summed E-state index contributed by atoms with van der Waals surface area (Å²) in [6.45, 7) is 2.44. The lowest BCUT2D eigenvalue weighted by Gasteiger charge is -2.24. The number of carbonyl (C=O) groups is 2. The molecular formula is C15H19ClN2O2. The van der Waals surface area contributed by atoms with Crippen molar-refractivity contribution in [2.75, 3.05) is 17.3 Å². The van der Waals surface area contributed by atoms with E-state index in [4.69, 9.17) is 11.6 Å². The van der Waals surface area contributed by atoms with Crippen molar-refractivity contribution in [3.63, 3.8) is 0 Å². The molecule has 1 atom stereocenters. The van der Waals surface area contributed by atoms with Crippen molar-refractivity contribution in [1.82, 2.24) is 5.32 Å². The Kier molecular flexibility index (Phi) is 5.01. The second-order valence-corrected chi connectivity index (χ2v) is 5.18. The molecule has 0 radical (unpaired) electrons. The molecule has 0 saturated heterocycles. The molecule has 1 aliphatic rings. The Morgan fingerprint density at radius 3 is 2.85 bits per heavy atom. The van der Waals surface area contributed by atoms with Crippen LogP contribution < -0.4 is 10.2 Å². The van der Waals surface area contributed by atoms with Gasteiger partial charge in [-0.05, 0) is 25.0 Å². The molecule has 0 aliphatic carbocycles. The number of hydrogen-bond donors (Lipinski definition) is 1. The number of likely N-dealkylation sites (N-methyl/N-ethyl adjacent to an activating group) is 1. The van der Waals surface area contributed by atoms with Crippen LogP contribution in [0.4, 0.5) is 5.69 Å². The first-order chi connectivity index (χ1) is 9.69. The highest BCUT2D eigenvalue weighted by atomic mass is 35.5. The van der Waals surface area contributed by atoms with Crippen LogP contribution in [0, 0.1) is 0 Å². The number of halogens is 1. The number of rotatable bonds is 5. The zero-order chi connectivity index (χ0) is 14.5. The van der Waals surface area contributed by atoms with Gasteiger partial charge in [-0.3, -0.25) is 14.5 Å². The summed E-state index contributed by atoms with van der Waals surface area (Å²) in [6, 6.07) is 7.25. The molecular weight excluding hydrogens is 276 g/mol. The highest BCUT2D eigenvalue weighted by Gasteiger charge is 2.37. The summed E-state index contributed by atoms with van der Waals surface area (Å²) in [7, 11) is 0. The van der Waals surface area contributed by atoms with E-state index in [1.807, 2.05) is 31.2 Å². The summed E-state index contributed by atoms with van der Waals surface area (Å²) < 4.78 is 0. The van der Waals surface area contributed by atoms with Gasteiger partial charge < -0.3 is 5.32 Å². The van der Waals surface area contributed by atoms with Crippen molar-refractivity contribution in [3.8, 4) is 0 Å². The summed E-state index contributed by atoms with van der Waals surface area (Å²) in [4.78, 5) is 26.2. The fourth-order valence-corrected chi connectivity index (χ4v) is 2.67. The smallest absolute Gasteiger partial charge is 0.243 e. The number of anilines is 1. The van der Waals surface area contributed by atoms with E-state index in [2.05, 4.69) is 5.32 Å². The first kappa shape index (κ1) is 14.9. The molecule has 1 unspecified atom stereocenters. The van der Waals surface area contributed by atoms with Crippen molar-refractivity contribution in [1.29, 1.82) is 0 Å². The molecule has 0 aromatic heterocycles. The number of carbonyl (C=O) groups excluding carboxylic acids is 2. The third-order valence-corrected chi connectivity index (χ3v) is 3.69. The normalized spacial score (nSPS) is 16.9.